The van der Waals surface area contributed by atoms with Gasteiger partial charge >= 0.3 is 0 Å². The molecular formula is C20H20N4O3S. The second-order valence-electron chi connectivity index (χ2n) is 6.67. The Kier molecular flexibility index (Phi) is 4.43. The van der Waals surface area contributed by atoms with E-state index in [1.165, 1.54) is 7.05 Å². The Morgan fingerprint density at radius 1 is 1.00 bits per heavy atom. The lowest BCUT2D eigenvalue weighted by Gasteiger charge is -2.29. The molecule has 0 aliphatic carbocycles. The number of carbonyl (C=O) groups excluding carboxylic acids is 1. The molecule has 0 bridgehead atoms. The first kappa shape index (κ1) is 18.2. The summed E-state index contributed by atoms with van der Waals surface area (Å²) in [6.45, 7) is 0.511. The summed E-state index contributed by atoms with van der Waals surface area (Å²) in [6, 6.07) is 18.3. The quantitative estimate of drug-likeness (QED) is 0.733. The number of fused-ring (bicyclic) bond motifs is 1. The van der Waals surface area contributed by atoms with E-state index in [9.17, 15) is 13.2 Å². The molecule has 0 amide bonds. The highest BCUT2D eigenvalue weighted by Gasteiger charge is 2.47. The Bertz CT molecular complexity index is 1130. The average molecular weight is 396 g/mol. The number of sulfonamides is 1. The zero-order valence-electron chi connectivity index (χ0n) is 15.5. The van der Waals surface area contributed by atoms with Gasteiger partial charge in [0.1, 0.15) is 5.69 Å². The van der Waals surface area contributed by atoms with E-state index in [1.54, 1.807) is 41.9 Å². The Labute approximate surface area is 163 Å². The largest absolute Gasteiger partial charge is 0.352 e. The second-order valence-corrected chi connectivity index (χ2v) is 8.72. The van der Waals surface area contributed by atoms with E-state index in [0.29, 0.717) is 18.1 Å². The highest BCUT2D eigenvalue weighted by atomic mass is 32.2. The molecule has 0 fully saturated rings. The van der Waals surface area contributed by atoms with Gasteiger partial charge in [0.2, 0.25) is 11.7 Å². The highest BCUT2D eigenvalue weighted by molar-refractivity contribution is 7.93. The smallest absolute Gasteiger partial charge is 0.250 e. The molecule has 7 nitrogen and oxygen atoms in total. The van der Waals surface area contributed by atoms with Crippen molar-refractivity contribution >= 4 is 27.6 Å². The van der Waals surface area contributed by atoms with E-state index in [0.717, 1.165) is 9.87 Å². The van der Waals surface area contributed by atoms with Gasteiger partial charge in [0.15, 0.2) is 11.1 Å². The van der Waals surface area contributed by atoms with Crippen molar-refractivity contribution in [3.63, 3.8) is 0 Å². The molecule has 1 aliphatic heterocycles. The monoisotopic (exact) mass is 396 g/mol. The van der Waals surface area contributed by atoms with Crippen molar-refractivity contribution in [3.8, 4) is 0 Å². The first-order valence-electron chi connectivity index (χ1n) is 8.82. The van der Waals surface area contributed by atoms with E-state index in [2.05, 4.69) is 10.3 Å². The summed E-state index contributed by atoms with van der Waals surface area (Å²) in [5.41, 5.74) is 1.78. The topological polar surface area (TPSA) is 84.3 Å². The van der Waals surface area contributed by atoms with Crippen LogP contribution in [0.15, 0.2) is 60.7 Å². The van der Waals surface area contributed by atoms with Crippen LogP contribution in [0.5, 0.6) is 0 Å². The summed E-state index contributed by atoms with van der Waals surface area (Å²) in [5.74, 6) is 0.121. The summed E-state index contributed by atoms with van der Waals surface area (Å²) in [5, 5.41) is 1.91. The average Bonchev–Trinajstić information content (AvgIpc) is 3.03. The number of hydrogen-bond acceptors (Lipinski definition) is 5. The van der Waals surface area contributed by atoms with Crippen molar-refractivity contribution in [2.45, 2.75) is 11.8 Å². The molecule has 1 aliphatic rings. The van der Waals surface area contributed by atoms with Crippen LogP contribution in [0.3, 0.4) is 0 Å². The molecule has 0 radical (unpaired) electrons. The molecule has 3 aromatic rings. The SMILES string of the molecule is CN1c2nc(NCc3ccccc3)n(C)c2C(=O)C(c2ccccc2)S1(=O)=O. The zero-order valence-corrected chi connectivity index (χ0v) is 16.3. The van der Waals surface area contributed by atoms with Crippen LogP contribution in [0.4, 0.5) is 11.8 Å². The number of ketones is 1. The lowest BCUT2D eigenvalue weighted by Crippen LogP contribution is -2.41. The molecule has 2 aromatic carbocycles. The van der Waals surface area contributed by atoms with Gasteiger partial charge in [0.05, 0.1) is 0 Å². The first-order valence-corrected chi connectivity index (χ1v) is 10.3. The van der Waals surface area contributed by atoms with Gasteiger partial charge in [-0.05, 0) is 11.1 Å². The Morgan fingerprint density at radius 3 is 2.25 bits per heavy atom. The molecule has 0 spiro atoms. The number of aromatic nitrogens is 2. The molecule has 28 heavy (non-hydrogen) atoms. The maximum absolute atomic E-state index is 13.2. The van der Waals surface area contributed by atoms with Crippen LogP contribution in [0, 0.1) is 0 Å². The molecule has 0 saturated heterocycles. The van der Waals surface area contributed by atoms with E-state index in [4.69, 9.17) is 0 Å². The van der Waals surface area contributed by atoms with Crippen molar-refractivity contribution < 1.29 is 13.2 Å². The van der Waals surface area contributed by atoms with Crippen LogP contribution in [-0.2, 0) is 23.6 Å². The minimum Gasteiger partial charge on any atom is -0.352 e. The van der Waals surface area contributed by atoms with E-state index in [1.807, 2.05) is 30.3 Å². The number of Topliss-reactive ketones (excluding diaryl/α,β-unsaturated/α-hetero) is 1. The molecule has 1 N–H and O–H groups in total. The van der Waals surface area contributed by atoms with Crippen LogP contribution < -0.4 is 9.62 Å². The van der Waals surface area contributed by atoms with Gasteiger partial charge in [-0.25, -0.2) is 8.42 Å². The van der Waals surface area contributed by atoms with Gasteiger partial charge in [-0.2, -0.15) is 4.98 Å². The fraction of sp³-hybridized carbons (Fsp3) is 0.200. The fourth-order valence-electron chi connectivity index (χ4n) is 3.40. The highest BCUT2D eigenvalue weighted by Crippen LogP contribution is 2.40. The van der Waals surface area contributed by atoms with Crippen LogP contribution in [0.1, 0.15) is 26.9 Å². The number of benzene rings is 2. The van der Waals surface area contributed by atoms with E-state index >= 15 is 0 Å². The third-order valence-corrected chi connectivity index (χ3v) is 6.94. The summed E-state index contributed by atoms with van der Waals surface area (Å²) in [6.07, 6.45) is 0. The maximum atomic E-state index is 13.2. The van der Waals surface area contributed by atoms with Gasteiger partial charge in [0, 0.05) is 20.6 Å². The number of carbonyl (C=O) groups is 1. The summed E-state index contributed by atoms with van der Waals surface area (Å²) < 4.78 is 28.8. The molecule has 1 atom stereocenters. The first-order chi connectivity index (χ1) is 13.4. The number of imidazole rings is 1. The van der Waals surface area contributed by atoms with Gasteiger partial charge in [-0.1, -0.05) is 60.7 Å². The maximum Gasteiger partial charge on any atom is 0.250 e. The molecule has 0 saturated carbocycles. The van der Waals surface area contributed by atoms with Crippen molar-refractivity contribution in [3.05, 3.63) is 77.5 Å². The molecule has 144 valence electrons. The Morgan fingerprint density at radius 2 is 1.61 bits per heavy atom. The predicted molar refractivity (Wildman–Crippen MR) is 108 cm³/mol. The second kappa shape index (κ2) is 6.79. The van der Waals surface area contributed by atoms with Gasteiger partial charge in [-0.3, -0.25) is 9.10 Å². The molecule has 2 heterocycles. The predicted octanol–water partition coefficient (Wildman–Crippen LogP) is 2.74. The molecule has 8 heteroatoms. The summed E-state index contributed by atoms with van der Waals surface area (Å²) in [7, 11) is -0.760. The van der Waals surface area contributed by atoms with Crippen LogP contribution in [0.2, 0.25) is 0 Å². The van der Waals surface area contributed by atoms with Crippen LogP contribution in [0.25, 0.3) is 0 Å². The van der Waals surface area contributed by atoms with Crippen molar-refractivity contribution in [2.24, 2.45) is 7.05 Å². The third-order valence-electron chi connectivity index (χ3n) is 4.92. The van der Waals surface area contributed by atoms with Gasteiger partial charge in [0.25, 0.3) is 10.0 Å². The number of hydrogen-bond donors (Lipinski definition) is 1. The molecule has 4 rings (SSSR count). The van der Waals surface area contributed by atoms with E-state index in [-0.39, 0.29) is 11.5 Å². The third kappa shape index (κ3) is 2.86. The lowest BCUT2D eigenvalue weighted by atomic mass is 10.1. The van der Waals surface area contributed by atoms with Crippen LogP contribution >= 0.6 is 0 Å². The summed E-state index contributed by atoms with van der Waals surface area (Å²) >= 11 is 0. The Hall–Kier alpha value is -3.13. The van der Waals surface area contributed by atoms with Crippen molar-refractivity contribution in [2.75, 3.05) is 16.7 Å². The Balaban J connectivity index is 1.74. The van der Waals surface area contributed by atoms with Gasteiger partial charge < -0.3 is 9.88 Å². The van der Waals surface area contributed by atoms with Gasteiger partial charge in [-0.15, -0.1) is 0 Å². The fourth-order valence-corrected chi connectivity index (χ4v) is 4.97. The molecular weight excluding hydrogens is 376 g/mol. The summed E-state index contributed by atoms with van der Waals surface area (Å²) in [4.78, 5) is 17.6. The molecule has 1 unspecified atom stereocenters. The number of rotatable bonds is 4. The standard InChI is InChI=1S/C20H20N4O3S/c1-23-16-17(25)18(15-11-7-4-8-12-15)28(26,27)24(2)19(16)22-20(23)21-13-14-9-5-3-6-10-14/h3-12,18H,13H2,1-2H3,(H,21,22). The number of nitrogens with zero attached hydrogens (tertiary/aromatic N) is 3. The van der Waals surface area contributed by atoms with E-state index < -0.39 is 21.1 Å². The lowest BCUT2D eigenvalue weighted by molar-refractivity contribution is 0.0977. The van der Waals surface area contributed by atoms with Crippen LogP contribution in [-0.4, -0.2) is 30.8 Å². The number of nitrogens with one attached hydrogen (secondary N) is 1. The van der Waals surface area contributed by atoms with Crippen molar-refractivity contribution in [1.29, 1.82) is 0 Å². The minimum absolute atomic E-state index is 0.148. The molecule has 1 aromatic heterocycles. The van der Waals surface area contributed by atoms with Crippen molar-refractivity contribution in [1.82, 2.24) is 9.55 Å². The zero-order chi connectivity index (χ0) is 19.9. The number of anilines is 2. The normalized spacial score (nSPS) is 18.0. The minimum atomic E-state index is -3.91.